The number of sulfone groups is 1. The van der Waals surface area contributed by atoms with E-state index >= 15 is 0 Å². The third-order valence-corrected chi connectivity index (χ3v) is 6.86. The van der Waals surface area contributed by atoms with Gasteiger partial charge in [-0.2, -0.15) is 5.10 Å². The van der Waals surface area contributed by atoms with Gasteiger partial charge in [0, 0.05) is 38.4 Å². The molecule has 8 heteroatoms. The predicted molar refractivity (Wildman–Crippen MR) is 101 cm³/mol. The first-order chi connectivity index (χ1) is 12.3. The Morgan fingerprint density at radius 3 is 2.69 bits per heavy atom. The van der Waals surface area contributed by atoms with Crippen LogP contribution in [-0.4, -0.2) is 77.1 Å². The SMILES string of the molecule is CCCn1nccc1C(=O)N1CCN(CC=C(C)C)[C@H]2CS(=O)(=O)C[C@H]21. The molecule has 0 unspecified atom stereocenters. The summed E-state index contributed by atoms with van der Waals surface area (Å²) in [5, 5.41) is 4.23. The van der Waals surface area contributed by atoms with Crippen molar-refractivity contribution < 1.29 is 13.2 Å². The number of rotatable bonds is 5. The first-order valence-electron chi connectivity index (χ1n) is 9.23. The fourth-order valence-corrected chi connectivity index (χ4v) is 5.87. The summed E-state index contributed by atoms with van der Waals surface area (Å²) in [4.78, 5) is 17.1. The van der Waals surface area contributed by atoms with Crippen molar-refractivity contribution in [3.05, 3.63) is 29.6 Å². The van der Waals surface area contributed by atoms with E-state index in [2.05, 4.69) is 16.1 Å². The van der Waals surface area contributed by atoms with Crippen LogP contribution in [0.25, 0.3) is 0 Å². The molecule has 1 amide bonds. The molecular formula is C18H28N4O3S. The minimum Gasteiger partial charge on any atom is -0.330 e. The number of aryl methyl sites for hydroxylation is 1. The van der Waals surface area contributed by atoms with Crippen molar-refractivity contribution in [2.45, 2.75) is 45.8 Å². The molecule has 2 fully saturated rings. The Hall–Kier alpha value is -1.67. The van der Waals surface area contributed by atoms with Crippen molar-refractivity contribution in [1.82, 2.24) is 19.6 Å². The van der Waals surface area contributed by atoms with Crippen LogP contribution < -0.4 is 0 Å². The monoisotopic (exact) mass is 380 g/mol. The number of piperazine rings is 1. The second kappa shape index (κ2) is 7.52. The average Bonchev–Trinajstić information content (AvgIpc) is 3.15. The molecule has 0 spiro atoms. The van der Waals surface area contributed by atoms with Crippen molar-refractivity contribution in [3.63, 3.8) is 0 Å². The molecule has 0 bridgehead atoms. The van der Waals surface area contributed by atoms with Crippen molar-refractivity contribution in [2.75, 3.05) is 31.1 Å². The molecule has 26 heavy (non-hydrogen) atoms. The Balaban J connectivity index is 1.84. The van der Waals surface area contributed by atoms with Crippen LogP contribution in [-0.2, 0) is 16.4 Å². The first-order valence-corrected chi connectivity index (χ1v) is 11.0. The van der Waals surface area contributed by atoms with Gasteiger partial charge in [-0.15, -0.1) is 0 Å². The van der Waals surface area contributed by atoms with E-state index in [9.17, 15) is 13.2 Å². The van der Waals surface area contributed by atoms with Crippen molar-refractivity contribution in [3.8, 4) is 0 Å². The lowest BCUT2D eigenvalue weighted by Gasteiger charge is -2.43. The average molecular weight is 381 g/mol. The van der Waals surface area contributed by atoms with E-state index in [0.29, 0.717) is 25.3 Å². The second-order valence-electron chi connectivity index (χ2n) is 7.43. The van der Waals surface area contributed by atoms with E-state index in [1.165, 1.54) is 5.57 Å². The Morgan fingerprint density at radius 2 is 2.00 bits per heavy atom. The molecule has 1 aromatic rings. The van der Waals surface area contributed by atoms with Crippen LogP contribution in [0.3, 0.4) is 0 Å². The number of hydrogen-bond donors (Lipinski definition) is 0. The van der Waals surface area contributed by atoms with Crippen LogP contribution in [0, 0.1) is 0 Å². The number of aromatic nitrogens is 2. The fourth-order valence-electron chi connectivity index (χ4n) is 3.85. The molecule has 0 aliphatic carbocycles. The number of fused-ring (bicyclic) bond motifs is 1. The summed E-state index contributed by atoms with van der Waals surface area (Å²) >= 11 is 0. The van der Waals surface area contributed by atoms with Gasteiger partial charge < -0.3 is 4.90 Å². The molecule has 2 atom stereocenters. The Bertz CT molecular complexity index is 795. The van der Waals surface area contributed by atoms with Crippen LogP contribution in [0.2, 0.25) is 0 Å². The van der Waals surface area contributed by atoms with Gasteiger partial charge in [-0.3, -0.25) is 14.4 Å². The first kappa shape index (κ1) is 19.1. The highest BCUT2D eigenvalue weighted by Gasteiger charge is 2.48. The third kappa shape index (κ3) is 3.86. The zero-order valence-corrected chi connectivity index (χ0v) is 16.6. The summed E-state index contributed by atoms with van der Waals surface area (Å²) in [5.41, 5.74) is 1.76. The molecule has 0 aromatic carbocycles. The normalized spacial score (nSPS) is 25.1. The molecule has 0 radical (unpaired) electrons. The summed E-state index contributed by atoms with van der Waals surface area (Å²) in [5.74, 6) is 0.0769. The highest BCUT2D eigenvalue weighted by Crippen LogP contribution is 2.28. The van der Waals surface area contributed by atoms with Gasteiger partial charge in [0.1, 0.15) is 5.69 Å². The van der Waals surface area contributed by atoms with Gasteiger partial charge in [-0.25, -0.2) is 8.42 Å². The quantitative estimate of drug-likeness (QED) is 0.717. The Labute approximate surface area is 155 Å². The molecule has 2 aliphatic rings. The number of carbonyl (C=O) groups excluding carboxylic acids is 1. The maximum Gasteiger partial charge on any atom is 0.272 e. The van der Waals surface area contributed by atoms with Gasteiger partial charge in [0.15, 0.2) is 9.84 Å². The standard InChI is InChI=1S/C18H28N4O3S/c1-4-8-22-15(5-7-19-22)18(23)21-11-10-20(9-6-14(2)3)16-12-26(24,25)13-17(16)21/h5-7,16-17H,4,8-13H2,1-3H3/t16-,17+/m0/s1. The predicted octanol–water partition coefficient (Wildman–Crippen LogP) is 1.18. The molecular weight excluding hydrogens is 352 g/mol. The Morgan fingerprint density at radius 1 is 1.27 bits per heavy atom. The van der Waals surface area contributed by atoms with Crippen LogP contribution in [0.15, 0.2) is 23.9 Å². The topological polar surface area (TPSA) is 75.5 Å². The van der Waals surface area contributed by atoms with Gasteiger partial charge in [-0.1, -0.05) is 18.6 Å². The molecule has 3 rings (SSSR count). The van der Waals surface area contributed by atoms with E-state index in [4.69, 9.17) is 0 Å². The maximum atomic E-state index is 13.1. The third-order valence-electron chi connectivity index (χ3n) is 5.16. The Kier molecular flexibility index (Phi) is 5.53. The van der Waals surface area contributed by atoms with E-state index in [1.807, 2.05) is 20.8 Å². The molecule has 2 aliphatic heterocycles. The molecule has 0 saturated carbocycles. The zero-order valence-electron chi connectivity index (χ0n) is 15.8. The zero-order chi connectivity index (χ0) is 18.9. The van der Waals surface area contributed by atoms with Crippen LogP contribution in [0.1, 0.15) is 37.7 Å². The second-order valence-corrected chi connectivity index (χ2v) is 9.58. The lowest BCUT2D eigenvalue weighted by molar-refractivity contribution is 0.0357. The number of nitrogens with zero attached hydrogens (tertiary/aromatic N) is 4. The molecule has 2 saturated heterocycles. The lowest BCUT2D eigenvalue weighted by atomic mass is 10.0. The molecule has 3 heterocycles. The van der Waals surface area contributed by atoms with Crippen LogP contribution >= 0.6 is 0 Å². The fraction of sp³-hybridized carbons (Fsp3) is 0.667. The molecule has 0 N–H and O–H groups in total. The van der Waals surface area contributed by atoms with Crippen molar-refractivity contribution >= 4 is 15.7 Å². The van der Waals surface area contributed by atoms with Crippen LogP contribution in [0.4, 0.5) is 0 Å². The van der Waals surface area contributed by atoms with Crippen LogP contribution in [0.5, 0.6) is 0 Å². The summed E-state index contributed by atoms with van der Waals surface area (Å²) in [6.45, 7) is 8.76. The summed E-state index contributed by atoms with van der Waals surface area (Å²) in [7, 11) is -3.13. The lowest BCUT2D eigenvalue weighted by Crippen LogP contribution is -2.60. The summed E-state index contributed by atoms with van der Waals surface area (Å²) < 4.78 is 26.3. The van der Waals surface area contributed by atoms with Gasteiger partial charge in [0.2, 0.25) is 0 Å². The smallest absolute Gasteiger partial charge is 0.272 e. The van der Waals surface area contributed by atoms with Gasteiger partial charge in [0.25, 0.3) is 5.91 Å². The number of carbonyl (C=O) groups is 1. The van der Waals surface area contributed by atoms with E-state index < -0.39 is 9.84 Å². The van der Waals surface area contributed by atoms with E-state index in [1.54, 1.807) is 21.8 Å². The van der Waals surface area contributed by atoms with E-state index in [-0.39, 0.29) is 29.5 Å². The van der Waals surface area contributed by atoms with Gasteiger partial charge in [-0.05, 0) is 26.3 Å². The number of hydrogen-bond acceptors (Lipinski definition) is 5. The number of amides is 1. The molecule has 144 valence electrons. The van der Waals surface area contributed by atoms with Crippen molar-refractivity contribution in [2.24, 2.45) is 0 Å². The van der Waals surface area contributed by atoms with E-state index in [0.717, 1.165) is 13.0 Å². The molecule has 7 nitrogen and oxygen atoms in total. The number of allylic oxidation sites excluding steroid dienone is 1. The molecule has 1 aromatic heterocycles. The summed E-state index contributed by atoms with van der Waals surface area (Å²) in [6.07, 6.45) is 4.64. The maximum absolute atomic E-state index is 13.1. The van der Waals surface area contributed by atoms with Gasteiger partial charge >= 0.3 is 0 Å². The minimum absolute atomic E-state index is 0.0522. The largest absolute Gasteiger partial charge is 0.330 e. The minimum atomic E-state index is -3.13. The highest BCUT2D eigenvalue weighted by atomic mass is 32.2. The van der Waals surface area contributed by atoms with Gasteiger partial charge in [0.05, 0.1) is 17.5 Å². The highest BCUT2D eigenvalue weighted by molar-refractivity contribution is 7.91. The summed E-state index contributed by atoms with van der Waals surface area (Å²) in [6, 6.07) is 1.32. The van der Waals surface area contributed by atoms with Crippen molar-refractivity contribution in [1.29, 1.82) is 0 Å².